The van der Waals surface area contributed by atoms with E-state index in [0.717, 1.165) is 21.3 Å². The number of halogens is 1. The molecule has 0 radical (unpaired) electrons. The van der Waals surface area contributed by atoms with Crippen molar-refractivity contribution in [3.63, 3.8) is 0 Å². The second-order valence-electron chi connectivity index (χ2n) is 3.07. The number of hydrogen-bond acceptors (Lipinski definition) is 4. The summed E-state index contributed by atoms with van der Waals surface area (Å²) in [6, 6.07) is 3.80. The molecule has 0 aliphatic carbocycles. The molecule has 0 atom stereocenters. The lowest BCUT2D eigenvalue weighted by atomic mass is 10.3. The van der Waals surface area contributed by atoms with Crippen molar-refractivity contribution < 1.29 is 0 Å². The van der Waals surface area contributed by atoms with Crippen LogP contribution in [0.25, 0.3) is 10.6 Å². The van der Waals surface area contributed by atoms with Crippen molar-refractivity contribution in [2.24, 2.45) is 0 Å². The fraction of sp³-hybridized carbons (Fsp3) is 0.200. The van der Waals surface area contributed by atoms with Gasteiger partial charge in [-0.3, -0.25) is 0 Å². The molecule has 0 bridgehead atoms. The van der Waals surface area contributed by atoms with Crippen LogP contribution >= 0.6 is 22.9 Å². The number of aryl methyl sites for hydroxylation is 1. The zero-order chi connectivity index (χ0) is 10.8. The zero-order valence-electron chi connectivity index (χ0n) is 8.41. The second-order valence-corrected chi connectivity index (χ2v) is 4.39. The van der Waals surface area contributed by atoms with Gasteiger partial charge in [-0.2, -0.15) is 0 Å². The van der Waals surface area contributed by atoms with Crippen LogP contribution in [-0.4, -0.2) is 17.0 Å². The van der Waals surface area contributed by atoms with Gasteiger partial charge >= 0.3 is 0 Å². The molecule has 0 spiro atoms. The molecule has 1 N–H and O–H groups in total. The fourth-order valence-corrected chi connectivity index (χ4v) is 2.39. The Morgan fingerprint density at radius 2 is 2.20 bits per heavy atom. The van der Waals surface area contributed by atoms with Crippen LogP contribution in [0.2, 0.25) is 5.02 Å². The van der Waals surface area contributed by atoms with Gasteiger partial charge in [0.25, 0.3) is 0 Å². The molecule has 0 unspecified atom stereocenters. The largest absolute Gasteiger partial charge is 0.357 e. The van der Waals surface area contributed by atoms with Gasteiger partial charge in [-0.1, -0.05) is 11.6 Å². The Morgan fingerprint density at radius 1 is 1.40 bits per heavy atom. The van der Waals surface area contributed by atoms with E-state index in [1.54, 1.807) is 18.4 Å². The highest BCUT2D eigenvalue weighted by Crippen LogP contribution is 2.32. The minimum atomic E-state index is 0.620. The van der Waals surface area contributed by atoms with Gasteiger partial charge in [0.1, 0.15) is 0 Å². The Bertz CT molecular complexity index is 481. The molecule has 15 heavy (non-hydrogen) atoms. The standard InChI is InChI=1S/C10H10ClN3S/c1-6-5-8(14-10(12-2)13-6)9-7(11)3-4-15-9/h3-5H,1-2H3,(H,12,13,14). The molecule has 78 valence electrons. The highest BCUT2D eigenvalue weighted by Gasteiger charge is 2.08. The van der Waals surface area contributed by atoms with Gasteiger partial charge < -0.3 is 5.32 Å². The van der Waals surface area contributed by atoms with Crippen LogP contribution in [0.3, 0.4) is 0 Å². The van der Waals surface area contributed by atoms with Crippen molar-refractivity contribution in [3.05, 3.63) is 28.2 Å². The zero-order valence-corrected chi connectivity index (χ0v) is 9.99. The maximum Gasteiger partial charge on any atom is 0.223 e. The minimum Gasteiger partial charge on any atom is -0.357 e. The van der Waals surface area contributed by atoms with Gasteiger partial charge in [-0.25, -0.2) is 9.97 Å². The van der Waals surface area contributed by atoms with Crippen molar-refractivity contribution >= 4 is 28.9 Å². The highest BCUT2D eigenvalue weighted by molar-refractivity contribution is 7.14. The molecule has 2 rings (SSSR count). The first-order valence-electron chi connectivity index (χ1n) is 4.47. The van der Waals surface area contributed by atoms with Crippen LogP contribution in [0.1, 0.15) is 5.69 Å². The third kappa shape index (κ3) is 2.11. The quantitative estimate of drug-likeness (QED) is 0.875. The maximum absolute atomic E-state index is 6.05. The summed E-state index contributed by atoms with van der Waals surface area (Å²) in [6.07, 6.45) is 0. The molecule has 0 aliphatic rings. The SMILES string of the molecule is CNc1nc(C)cc(-c2sccc2Cl)n1. The average Bonchev–Trinajstić information content (AvgIpc) is 2.63. The Hall–Kier alpha value is -1.13. The van der Waals surface area contributed by atoms with Crippen molar-refractivity contribution in [3.8, 4) is 10.6 Å². The van der Waals surface area contributed by atoms with E-state index in [1.165, 1.54) is 0 Å². The normalized spacial score (nSPS) is 10.3. The molecule has 0 aromatic carbocycles. The van der Waals surface area contributed by atoms with E-state index in [0.29, 0.717) is 5.95 Å². The summed E-state index contributed by atoms with van der Waals surface area (Å²) in [6.45, 7) is 1.94. The van der Waals surface area contributed by atoms with Crippen LogP contribution in [0.4, 0.5) is 5.95 Å². The number of rotatable bonds is 2. The summed E-state index contributed by atoms with van der Waals surface area (Å²) in [7, 11) is 1.80. The molecular weight excluding hydrogens is 230 g/mol. The molecule has 5 heteroatoms. The summed E-state index contributed by atoms with van der Waals surface area (Å²) in [4.78, 5) is 9.58. The first kappa shape index (κ1) is 10.4. The molecular formula is C10H10ClN3S. The summed E-state index contributed by atoms with van der Waals surface area (Å²) < 4.78 is 0. The predicted molar refractivity (Wildman–Crippen MR) is 64.6 cm³/mol. The van der Waals surface area contributed by atoms with Gasteiger partial charge in [0.2, 0.25) is 5.95 Å². The molecule has 2 heterocycles. The molecule has 3 nitrogen and oxygen atoms in total. The minimum absolute atomic E-state index is 0.620. The van der Waals surface area contributed by atoms with E-state index in [4.69, 9.17) is 11.6 Å². The van der Waals surface area contributed by atoms with Crippen molar-refractivity contribution in [2.75, 3.05) is 12.4 Å². The third-order valence-electron chi connectivity index (χ3n) is 1.93. The first-order valence-corrected chi connectivity index (χ1v) is 5.73. The fourth-order valence-electron chi connectivity index (χ4n) is 1.27. The molecule has 0 saturated heterocycles. The lowest BCUT2D eigenvalue weighted by molar-refractivity contribution is 1.10. The van der Waals surface area contributed by atoms with Crippen LogP contribution in [0, 0.1) is 6.92 Å². The maximum atomic E-state index is 6.05. The van der Waals surface area contributed by atoms with Crippen LogP contribution in [0.5, 0.6) is 0 Å². The van der Waals surface area contributed by atoms with Crippen LogP contribution in [0.15, 0.2) is 17.5 Å². The van der Waals surface area contributed by atoms with Crippen molar-refractivity contribution in [1.29, 1.82) is 0 Å². The first-order chi connectivity index (χ1) is 7.20. The van der Waals surface area contributed by atoms with Crippen LogP contribution < -0.4 is 5.32 Å². The number of nitrogens with zero attached hydrogens (tertiary/aromatic N) is 2. The van der Waals surface area contributed by atoms with E-state index >= 15 is 0 Å². The number of hydrogen-bond donors (Lipinski definition) is 1. The van der Waals surface area contributed by atoms with Crippen LogP contribution in [-0.2, 0) is 0 Å². The van der Waals surface area contributed by atoms with E-state index in [-0.39, 0.29) is 0 Å². The summed E-state index contributed by atoms with van der Waals surface area (Å²) in [5.41, 5.74) is 1.79. The van der Waals surface area contributed by atoms with Crippen molar-refractivity contribution in [1.82, 2.24) is 9.97 Å². The molecule has 0 saturated carbocycles. The van der Waals surface area contributed by atoms with E-state index in [2.05, 4.69) is 15.3 Å². The van der Waals surface area contributed by atoms with E-state index < -0.39 is 0 Å². The Morgan fingerprint density at radius 3 is 2.80 bits per heavy atom. The number of aromatic nitrogens is 2. The lowest BCUT2D eigenvalue weighted by Gasteiger charge is -2.03. The van der Waals surface area contributed by atoms with Gasteiger partial charge in [0.15, 0.2) is 0 Å². The molecule has 0 aliphatic heterocycles. The highest BCUT2D eigenvalue weighted by atomic mass is 35.5. The Labute approximate surface area is 97.2 Å². The monoisotopic (exact) mass is 239 g/mol. The lowest BCUT2D eigenvalue weighted by Crippen LogP contribution is -1.98. The molecule has 0 amide bonds. The average molecular weight is 240 g/mol. The topological polar surface area (TPSA) is 37.8 Å². The van der Waals surface area contributed by atoms with Gasteiger partial charge in [-0.05, 0) is 24.4 Å². The Balaban J connectivity index is 2.53. The summed E-state index contributed by atoms with van der Waals surface area (Å²) >= 11 is 7.63. The second kappa shape index (κ2) is 4.16. The number of thiophene rings is 1. The van der Waals surface area contributed by atoms with E-state index in [9.17, 15) is 0 Å². The molecule has 2 aromatic heterocycles. The number of nitrogens with one attached hydrogen (secondary N) is 1. The summed E-state index contributed by atoms with van der Waals surface area (Å²) in [5.74, 6) is 0.620. The van der Waals surface area contributed by atoms with E-state index in [1.807, 2.05) is 24.4 Å². The Kier molecular flexibility index (Phi) is 2.88. The van der Waals surface area contributed by atoms with Gasteiger partial charge in [-0.15, -0.1) is 11.3 Å². The number of anilines is 1. The third-order valence-corrected chi connectivity index (χ3v) is 3.29. The van der Waals surface area contributed by atoms with Gasteiger partial charge in [0.05, 0.1) is 15.6 Å². The predicted octanol–water partition coefficient (Wildman–Crippen LogP) is 3.21. The van der Waals surface area contributed by atoms with Crippen molar-refractivity contribution in [2.45, 2.75) is 6.92 Å². The summed E-state index contributed by atoms with van der Waals surface area (Å²) in [5, 5.41) is 5.62. The molecule has 2 aromatic rings. The smallest absolute Gasteiger partial charge is 0.223 e. The van der Waals surface area contributed by atoms with Gasteiger partial charge in [0, 0.05) is 12.7 Å². The molecule has 0 fully saturated rings.